The lowest BCUT2D eigenvalue weighted by Gasteiger charge is -2.01. The summed E-state index contributed by atoms with van der Waals surface area (Å²) in [6, 6.07) is 14.0. The summed E-state index contributed by atoms with van der Waals surface area (Å²) < 4.78 is 0. The molecule has 0 saturated carbocycles. The van der Waals surface area contributed by atoms with Gasteiger partial charge in [0, 0.05) is 4.88 Å². The zero-order valence-corrected chi connectivity index (χ0v) is 16.3. The van der Waals surface area contributed by atoms with Crippen molar-refractivity contribution in [2.24, 2.45) is 5.10 Å². The van der Waals surface area contributed by atoms with Gasteiger partial charge in [0.1, 0.15) is 10.7 Å². The van der Waals surface area contributed by atoms with Crippen molar-refractivity contribution < 1.29 is 4.79 Å². The Morgan fingerprint density at radius 2 is 2.00 bits per heavy atom. The second kappa shape index (κ2) is 7.36. The van der Waals surface area contributed by atoms with Gasteiger partial charge in [0.15, 0.2) is 0 Å². The third-order valence-electron chi connectivity index (χ3n) is 4.59. The van der Waals surface area contributed by atoms with E-state index in [-0.39, 0.29) is 17.9 Å². The van der Waals surface area contributed by atoms with E-state index >= 15 is 0 Å². The minimum Gasteiger partial charge on any atom is -0.309 e. The maximum atomic E-state index is 12.3. The summed E-state index contributed by atoms with van der Waals surface area (Å²) in [5.41, 5.74) is 4.09. The first kappa shape index (κ1) is 18.1. The molecule has 2 heterocycles. The van der Waals surface area contributed by atoms with Crippen molar-refractivity contribution in [3.8, 4) is 0 Å². The van der Waals surface area contributed by atoms with E-state index in [9.17, 15) is 9.59 Å². The zero-order chi connectivity index (χ0) is 19.7. The summed E-state index contributed by atoms with van der Waals surface area (Å²) in [6.07, 6.45) is 1.55. The van der Waals surface area contributed by atoms with Crippen molar-refractivity contribution in [3.63, 3.8) is 0 Å². The Hall–Kier alpha value is -3.32. The van der Waals surface area contributed by atoms with Crippen LogP contribution in [0.3, 0.4) is 0 Å². The number of carbonyl (C=O) groups excluding carboxylic acids is 1. The van der Waals surface area contributed by atoms with E-state index in [1.165, 1.54) is 11.3 Å². The number of benzene rings is 2. The molecule has 1 amide bonds. The van der Waals surface area contributed by atoms with Crippen molar-refractivity contribution in [1.29, 1.82) is 0 Å². The van der Waals surface area contributed by atoms with Gasteiger partial charge in [-0.1, -0.05) is 36.4 Å². The number of rotatable bonds is 4. The molecule has 2 aromatic heterocycles. The van der Waals surface area contributed by atoms with Crippen molar-refractivity contribution in [3.05, 3.63) is 74.6 Å². The van der Waals surface area contributed by atoms with E-state index in [1.807, 2.05) is 56.3 Å². The molecule has 0 radical (unpaired) electrons. The SMILES string of the molecule is Cc1sc2nc(CC(=O)N/N=C\c3ccc4ccccc4c3)[nH]c(=O)c2c1C. The van der Waals surface area contributed by atoms with E-state index in [1.54, 1.807) is 6.21 Å². The molecule has 7 heteroatoms. The van der Waals surface area contributed by atoms with Gasteiger partial charge in [0.2, 0.25) is 5.91 Å². The first-order valence-corrected chi connectivity index (χ1v) is 9.62. The molecule has 0 fully saturated rings. The van der Waals surface area contributed by atoms with Crippen molar-refractivity contribution >= 4 is 44.4 Å². The molecule has 4 aromatic rings. The highest BCUT2D eigenvalue weighted by Crippen LogP contribution is 2.25. The molecule has 2 aromatic carbocycles. The fraction of sp³-hybridized carbons (Fsp3) is 0.143. The van der Waals surface area contributed by atoms with Crippen LogP contribution in [0.15, 0.2) is 52.4 Å². The Morgan fingerprint density at radius 1 is 1.21 bits per heavy atom. The van der Waals surface area contributed by atoms with Gasteiger partial charge < -0.3 is 4.98 Å². The van der Waals surface area contributed by atoms with E-state index < -0.39 is 0 Å². The smallest absolute Gasteiger partial charge is 0.259 e. The number of carbonyl (C=O) groups is 1. The quantitative estimate of drug-likeness (QED) is 0.413. The second-order valence-corrected chi connectivity index (χ2v) is 7.76. The van der Waals surface area contributed by atoms with Crippen molar-refractivity contribution in [2.45, 2.75) is 20.3 Å². The minimum atomic E-state index is -0.343. The number of nitrogens with zero attached hydrogens (tertiary/aromatic N) is 2. The fourth-order valence-corrected chi connectivity index (χ4v) is 4.09. The van der Waals surface area contributed by atoms with E-state index in [2.05, 4.69) is 20.5 Å². The number of thiophene rings is 1. The number of fused-ring (bicyclic) bond motifs is 2. The summed E-state index contributed by atoms with van der Waals surface area (Å²) in [7, 11) is 0. The molecule has 0 unspecified atom stereocenters. The van der Waals surface area contributed by atoms with Crippen LogP contribution < -0.4 is 11.0 Å². The number of H-pyrrole nitrogens is 1. The van der Waals surface area contributed by atoms with Gasteiger partial charge in [-0.2, -0.15) is 5.10 Å². The lowest BCUT2D eigenvalue weighted by molar-refractivity contribution is -0.120. The zero-order valence-electron chi connectivity index (χ0n) is 15.4. The molecule has 0 bridgehead atoms. The molecule has 0 aliphatic heterocycles. The first-order chi connectivity index (χ1) is 13.5. The number of nitrogens with one attached hydrogen (secondary N) is 2. The predicted molar refractivity (Wildman–Crippen MR) is 113 cm³/mol. The van der Waals surface area contributed by atoms with Crippen LogP contribution in [0.1, 0.15) is 21.8 Å². The maximum absolute atomic E-state index is 12.3. The third kappa shape index (κ3) is 3.57. The summed E-state index contributed by atoms with van der Waals surface area (Å²) in [5, 5.41) is 6.86. The van der Waals surface area contributed by atoms with Crippen molar-refractivity contribution in [2.75, 3.05) is 0 Å². The number of aromatic nitrogens is 2. The molecule has 0 spiro atoms. The highest BCUT2D eigenvalue weighted by Gasteiger charge is 2.13. The largest absolute Gasteiger partial charge is 0.309 e. The molecule has 4 rings (SSSR count). The lowest BCUT2D eigenvalue weighted by Crippen LogP contribution is -2.23. The number of aryl methyl sites for hydroxylation is 2. The topological polar surface area (TPSA) is 87.2 Å². The Kier molecular flexibility index (Phi) is 4.75. The molecule has 0 saturated heterocycles. The number of hydrogen-bond acceptors (Lipinski definition) is 5. The molecule has 2 N–H and O–H groups in total. The van der Waals surface area contributed by atoms with E-state index in [0.29, 0.717) is 16.0 Å². The predicted octanol–water partition coefficient (Wildman–Crippen LogP) is 3.45. The number of hydrogen-bond donors (Lipinski definition) is 2. The van der Waals surface area contributed by atoms with Gasteiger partial charge in [-0.25, -0.2) is 10.4 Å². The maximum Gasteiger partial charge on any atom is 0.259 e. The molecule has 0 aliphatic rings. The van der Waals surface area contributed by atoms with Gasteiger partial charge in [0.05, 0.1) is 18.0 Å². The van der Waals surface area contributed by atoms with Gasteiger partial charge >= 0.3 is 0 Å². The van der Waals surface area contributed by atoms with Crippen LogP contribution in [-0.2, 0) is 11.2 Å². The van der Waals surface area contributed by atoms with E-state index in [4.69, 9.17) is 0 Å². The number of hydrazone groups is 1. The molecular weight excluding hydrogens is 372 g/mol. The van der Waals surface area contributed by atoms with Gasteiger partial charge in [-0.3, -0.25) is 9.59 Å². The van der Waals surface area contributed by atoms with Gasteiger partial charge in [-0.15, -0.1) is 11.3 Å². The van der Waals surface area contributed by atoms with Gasteiger partial charge in [-0.05, 0) is 41.8 Å². The number of aromatic amines is 1. The molecule has 140 valence electrons. The average molecular weight is 390 g/mol. The summed E-state index contributed by atoms with van der Waals surface area (Å²) >= 11 is 1.46. The summed E-state index contributed by atoms with van der Waals surface area (Å²) in [4.78, 5) is 33.2. The standard InChI is InChI=1S/C21H18N4O2S/c1-12-13(2)28-21-19(12)20(27)23-17(24-21)10-18(26)25-22-11-14-7-8-15-5-3-4-6-16(15)9-14/h3-9,11H,10H2,1-2H3,(H,25,26)(H,23,24,27)/b22-11-. The Bertz CT molecular complexity index is 1290. The van der Waals surface area contributed by atoms with Crippen LogP contribution >= 0.6 is 11.3 Å². The first-order valence-electron chi connectivity index (χ1n) is 8.81. The Balaban J connectivity index is 1.46. The van der Waals surface area contributed by atoms with Crippen LogP contribution in [0, 0.1) is 13.8 Å². The molecule has 28 heavy (non-hydrogen) atoms. The number of amides is 1. The van der Waals surface area contributed by atoms with Crippen molar-refractivity contribution in [1.82, 2.24) is 15.4 Å². The Morgan fingerprint density at radius 3 is 2.82 bits per heavy atom. The van der Waals surface area contributed by atoms with Crippen LogP contribution in [-0.4, -0.2) is 22.1 Å². The third-order valence-corrected chi connectivity index (χ3v) is 5.69. The van der Waals surface area contributed by atoms with Crippen LogP contribution in [0.25, 0.3) is 21.0 Å². The summed E-state index contributed by atoms with van der Waals surface area (Å²) in [6.45, 7) is 3.86. The lowest BCUT2D eigenvalue weighted by atomic mass is 10.1. The van der Waals surface area contributed by atoms with Crippen LogP contribution in [0.2, 0.25) is 0 Å². The summed E-state index contributed by atoms with van der Waals surface area (Å²) in [5.74, 6) is -0.0123. The monoisotopic (exact) mass is 390 g/mol. The fourth-order valence-electron chi connectivity index (χ4n) is 3.04. The van der Waals surface area contributed by atoms with Gasteiger partial charge in [0.25, 0.3) is 5.56 Å². The Labute approximate surface area is 164 Å². The highest BCUT2D eigenvalue weighted by atomic mass is 32.1. The normalized spacial score (nSPS) is 11.5. The highest BCUT2D eigenvalue weighted by molar-refractivity contribution is 7.18. The molecule has 6 nitrogen and oxygen atoms in total. The molecular formula is C21H18N4O2S. The molecule has 0 aliphatic carbocycles. The second-order valence-electron chi connectivity index (χ2n) is 6.55. The molecule has 0 atom stereocenters. The average Bonchev–Trinajstić information content (AvgIpc) is 2.95. The van der Waals surface area contributed by atoms with Crippen LogP contribution in [0.5, 0.6) is 0 Å². The van der Waals surface area contributed by atoms with E-state index in [0.717, 1.165) is 26.8 Å². The minimum absolute atomic E-state index is 0.0454. The van der Waals surface area contributed by atoms with Crippen LogP contribution in [0.4, 0.5) is 0 Å².